The molecule has 0 fully saturated rings. The van der Waals surface area contributed by atoms with Crippen LogP contribution in [0.15, 0.2) is 29.8 Å². The number of hydrogen-bond donors (Lipinski definition) is 1. The predicted molar refractivity (Wildman–Crippen MR) is 49.9 cm³/mol. The molecule has 1 aromatic carbocycles. The minimum absolute atomic E-state index is 0.0949. The van der Waals surface area contributed by atoms with Crippen LogP contribution in [0.2, 0.25) is 0 Å². The molecule has 0 amide bonds. The van der Waals surface area contributed by atoms with Crippen LogP contribution >= 0.6 is 0 Å². The van der Waals surface area contributed by atoms with Crippen LogP contribution in [0.4, 0.5) is 0 Å². The lowest BCUT2D eigenvalue weighted by Crippen LogP contribution is -1.93. The molecule has 0 radical (unpaired) electrons. The van der Waals surface area contributed by atoms with Gasteiger partial charge in [0, 0.05) is 17.6 Å². The van der Waals surface area contributed by atoms with Crippen molar-refractivity contribution in [2.45, 2.75) is 13.3 Å². The molecule has 66 valence electrons. The van der Waals surface area contributed by atoms with Gasteiger partial charge in [-0.1, -0.05) is 6.08 Å². The van der Waals surface area contributed by atoms with E-state index in [1.807, 2.05) is 13.0 Å². The number of hydrogen-bond acceptors (Lipinski definition) is 2. The van der Waals surface area contributed by atoms with Crippen molar-refractivity contribution in [1.82, 2.24) is 0 Å². The van der Waals surface area contributed by atoms with E-state index < -0.39 is 0 Å². The number of phenolic OH excluding ortho intramolecular Hbond substituents is 1. The second-order valence-corrected chi connectivity index (χ2v) is 3.16. The second-order valence-electron chi connectivity index (χ2n) is 3.16. The highest BCUT2D eigenvalue weighted by atomic mass is 16.3. The number of benzene rings is 1. The molecule has 0 aromatic heterocycles. The minimum atomic E-state index is 0.0949. The number of fused-ring (bicyclic) bond motifs is 1. The summed E-state index contributed by atoms with van der Waals surface area (Å²) in [6.07, 6.45) is 2.48. The van der Waals surface area contributed by atoms with E-state index in [4.69, 9.17) is 0 Å². The second kappa shape index (κ2) is 2.73. The van der Waals surface area contributed by atoms with Gasteiger partial charge in [-0.05, 0) is 30.7 Å². The van der Waals surface area contributed by atoms with E-state index in [1.54, 1.807) is 18.2 Å². The first kappa shape index (κ1) is 8.05. The number of rotatable bonds is 0. The van der Waals surface area contributed by atoms with Crippen molar-refractivity contribution >= 4 is 5.78 Å². The van der Waals surface area contributed by atoms with Crippen LogP contribution in [-0.2, 0) is 6.42 Å². The van der Waals surface area contributed by atoms with Gasteiger partial charge in [0.25, 0.3) is 0 Å². The van der Waals surface area contributed by atoms with Gasteiger partial charge in [-0.2, -0.15) is 0 Å². The lowest BCUT2D eigenvalue weighted by atomic mass is 10.1. The van der Waals surface area contributed by atoms with E-state index in [0.29, 0.717) is 6.42 Å². The molecule has 2 rings (SSSR count). The van der Waals surface area contributed by atoms with Gasteiger partial charge in [0.1, 0.15) is 5.75 Å². The molecule has 2 heteroatoms. The van der Waals surface area contributed by atoms with Crippen molar-refractivity contribution in [1.29, 1.82) is 0 Å². The predicted octanol–water partition coefficient (Wildman–Crippen LogP) is 2.08. The van der Waals surface area contributed by atoms with Gasteiger partial charge in [-0.15, -0.1) is 0 Å². The maximum atomic E-state index is 11.6. The van der Waals surface area contributed by atoms with Crippen LogP contribution in [-0.4, -0.2) is 10.9 Å². The molecule has 0 heterocycles. The molecule has 0 bridgehead atoms. The Kier molecular flexibility index (Phi) is 1.69. The number of ketones is 1. The zero-order valence-electron chi connectivity index (χ0n) is 7.37. The minimum Gasteiger partial charge on any atom is -0.508 e. The fourth-order valence-electron chi connectivity index (χ4n) is 1.64. The van der Waals surface area contributed by atoms with Crippen LogP contribution in [0.1, 0.15) is 22.8 Å². The zero-order chi connectivity index (χ0) is 9.42. The monoisotopic (exact) mass is 174 g/mol. The molecule has 0 spiro atoms. The maximum Gasteiger partial charge on any atom is 0.189 e. The Morgan fingerprint density at radius 3 is 2.92 bits per heavy atom. The fraction of sp³-hybridized carbons (Fsp3) is 0.182. The average molecular weight is 174 g/mol. The molecule has 0 unspecified atom stereocenters. The van der Waals surface area contributed by atoms with Crippen molar-refractivity contribution in [3.05, 3.63) is 41.0 Å². The Labute approximate surface area is 76.5 Å². The number of aromatic hydroxyl groups is 1. The van der Waals surface area contributed by atoms with Crippen LogP contribution in [0.5, 0.6) is 5.75 Å². The highest BCUT2D eigenvalue weighted by Gasteiger charge is 2.23. The van der Waals surface area contributed by atoms with E-state index in [0.717, 1.165) is 16.7 Å². The van der Waals surface area contributed by atoms with Crippen LogP contribution in [0.3, 0.4) is 0 Å². The Morgan fingerprint density at radius 2 is 2.23 bits per heavy atom. The van der Waals surface area contributed by atoms with Crippen LogP contribution in [0, 0.1) is 0 Å². The topological polar surface area (TPSA) is 37.3 Å². The summed E-state index contributed by atoms with van der Waals surface area (Å²) in [4.78, 5) is 11.6. The summed E-state index contributed by atoms with van der Waals surface area (Å²) in [6, 6.07) is 4.89. The molecule has 13 heavy (non-hydrogen) atoms. The van der Waals surface area contributed by atoms with Gasteiger partial charge >= 0.3 is 0 Å². The molecular weight excluding hydrogens is 164 g/mol. The Morgan fingerprint density at radius 1 is 1.46 bits per heavy atom. The summed E-state index contributed by atoms with van der Waals surface area (Å²) in [6.45, 7) is 1.86. The Hall–Kier alpha value is -1.57. The molecule has 1 aliphatic carbocycles. The molecule has 0 saturated carbocycles. The third kappa shape index (κ3) is 1.15. The maximum absolute atomic E-state index is 11.6. The third-order valence-corrected chi connectivity index (χ3v) is 2.35. The SMILES string of the molecule is CC=C1Cc2cc(O)ccc2C1=O. The average Bonchev–Trinajstić information content (AvgIpc) is 2.42. The molecule has 0 atom stereocenters. The van der Waals surface area contributed by atoms with Gasteiger partial charge in [-0.25, -0.2) is 0 Å². The third-order valence-electron chi connectivity index (χ3n) is 2.35. The van der Waals surface area contributed by atoms with Crippen molar-refractivity contribution in [3.63, 3.8) is 0 Å². The lowest BCUT2D eigenvalue weighted by molar-refractivity contribution is 0.103. The summed E-state index contributed by atoms with van der Waals surface area (Å²) < 4.78 is 0. The molecule has 1 N–H and O–H groups in total. The quantitative estimate of drug-likeness (QED) is 0.611. The fourth-order valence-corrected chi connectivity index (χ4v) is 1.64. The van der Waals surface area contributed by atoms with E-state index in [9.17, 15) is 9.90 Å². The summed E-state index contributed by atoms with van der Waals surface area (Å²) >= 11 is 0. The number of phenols is 1. The van der Waals surface area contributed by atoms with Crippen molar-refractivity contribution in [2.24, 2.45) is 0 Å². The van der Waals surface area contributed by atoms with Crippen molar-refractivity contribution < 1.29 is 9.90 Å². The number of allylic oxidation sites excluding steroid dienone is 2. The smallest absolute Gasteiger partial charge is 0.189 e. The molecule has 0 saturated heterocycles. The van der Waals surface area contributed by atoms with E-state index >= 15 is 0 Å². The summed E-state index contributed by atoms with van der Waals surface area (Å²) in [5.41, 5.74) is 2.48. The molecular formula is C11H10O2. The van der Waals surface area contributed by atoms with E-state index in [-0.39, 0.29) is 11.5 Å². The molecule has 0 aliphatic heterocycles. The normalized spacial score (nSPS) is 17.9. The van der Waals surface area contributed by atoms with E-state index in [2.05, 4.69) is 0 Å². The van der Waals surface area contributed by atoms with Crippen LogP contribution < -0.4 is 0 Å². The van der Waals surface area contributed by atoms with Gasteiger partial charge < -0.3 is 5.11 Å². The molecule has 1 aromatic rings. The number of Topliss-reactive ketones (excluding diaryl/α,β-unsaturated/α-hetero) is 1. The highest BCUT2D eigenvalue weighted by molar-refractivity contribution is 6.13. The summed E-state index contributed by atoms with van der Waals surface area (Å²) in [5.74, 6) is 0.321. The van der Waals surface area contributed by atoms with Gasteiger partial charge in [-0.3, -0.25) is 4.79 Å². The first-order valence-electron chi connectivity index (χ1n) is 4.24. The summed E-state index contributed by atoms with van der Waals surface area (Å²) in [5, 5.41) is 9.21. The first-order chi connectivity index (χ1) is 6.22. The van der Waals surface area contributed by atoms with Crippen molar-refractivity contribution in [3.8, 4) is 5.75 Å². The Bertz CT molecular complexity index is 403. The first-order valence-corrected chi connectivity index (χ1v) is 4.24. The van der Waals surface area contributed by atoms with Crippen molar-refractivity contribution in [2.75, 3.05) is 0 Å². The Balaban J connectivity index is 2.56. The van der Waals surface area contributed by atoms with Crippen LogP contribution in [0.25, 0.3) is 0 Å². The zero-order valence-corrected chi connectivity index (χ0v) is 7.37. The largest absolute Gasteiger partial charge is 0.508 e. The van der Waals surface area contributed by atoms with Gasteiger partial charge in [0.2, 0.25) is 0 Å². The van der Waals surface area contributed by atoms with Gasteiger partial charge in [0.15, 0.2) is 5.78 Å². The van der Waals surface area contributed by atoms with E-state index in [1.165, 1.54) is 0 Å². The standard InChI is InChI=1S/C11H10O2/c1-2-7-5-8-6-9(12)3-4-10(8)11(7)13/h2-4,6,12H,5H2,1H3. The van der Waals surface area contributed by atoms with Gasteiger partial charge in [0.05, 0.1) is 0 Å². The molecule has 1 aliphatic rings. The molecule has 2 nitrogen and oxygen atoms in total. The highest BCUT2D eigenvalue weighted by Crippen LogP contribution is 2.28. The number of carbonyl (C=O) groups excluding carboxylic acids is 1. The summed E-state index contributed by atoms with van der Waals surface area (Å²) in [7, 11) is 0. The number of carbonyl (C=O) groups is 1. The lowest BCUT2D eigenvalue weighted by Gasteiger charge is -1.95.